The molecule has 0 radical (unpaired) electrons. The third kappa shape index (κ3) is 4.65. The van der Waals surface area contributed by atoms with E-state index >= 15 is 0 Å². The molecule has 0 amide bonds. The van der Waals surface area contributed by atoms with Crippen molar-refractivity contribution in [3.63, 3.8) is 0 Å². The van der Waals surface area contributed by atoms with Crippen molar-refractivity contribution in [3.8, 4) is 6.07 Å². The van der Waals surface area contributed by atoms with Crippen LogP contribution in [-0.4, -0.2) is 61.2 Å². The Morgan fingerprint density at radius 1 is 1.21 bits per heavy atom. The molecule has 0 bridgehead atoms. The molecule has 1 aromatic rings. The van der Waals surface area contributed by atoms with Crippen molar-refractivity contribution in [1.82, 2.24) is 15.1 Å². The van der Waals surface area contributed by atoms with E-state index in [4.69, 9.17) is 0 Å². The molecule has 7 nitrogen and oxygen atoms in total. The Morgan fingerprint density at radius 3 is 2.50 bits per heavy atom. The van der Waals surface area contributed by atoms with Crippen molar-refractivity contribution in [2.24, 2.45) is 0 Å². The zero-order valence-corrected chi connectivity index (χ0v) is 15.2. The third-order valence-electron chi connectivity index (χ3n) is 4.34. The normalized spacial score (nSPS) is 17.4. The molecule has 0 spiro atoms. The number of nitrogens with zero attached hydrogens (tertiary/aromatic N) is 4. The molecule has 0 atom stereocenters. The molecule has 1 aromatic heterocycles. The second-order valence-electron chi connectivity index (χ2n) is 5.94. The number of nitrogens with one attached hydrogen (secondary N) is 1. The summed E-state index contributed by atoms with van der Waals surface area (Å²) in [5, 5.41) is 21.0. The maximum absolute atomic E-state index is 11.4. The van der Waals surface area contributed by atoms with E-state index in [1.54, 1.807) is 0 Å². The lowest BCUT2D eigenvalue weighted by Gasteiger charge is -2.26. The molecule has 0 unspecified atom stereocenters. The number of aryl methyl sites for hydroxylation is 1. The summed E-state index contributed by atoms with van der Waals surface area (Å²) in [5.74, 6) is 1.05. The molecule has 24 heavy (non-hydrogen) atoms. The van der Waals surface area contributed by atoms with Crippen LogP contribution in [0.25, 0.3) is 0 Å². The monoisotopic (exact) mass is 351 g/mol. The van der Waals surface area contributed by atoms with E-state index in [2.05, 4.69) is 26.5 Å². The molecule has 2 heterocycles. The first-order chi connectivity index (χ1) is 11.5. The summed E-state index contributed by atoms with van der Waals surface area (Å²) in [7, 11) is -2.82. The fourth-order valence-electron chi connectivity index (χ4n) is 2.90. The SMILES string of the molecule is CCc1nnc(NCCCN2CCS(=O)(=O)CC2)c(C#N)c1CC. The van der Waals surface area contributed by atoms with Crippen molar-refractivity contribution in [3.05, 3.63) is 16.8 Å². The Bertz CT molecular complexity index is 698. The predicted octanol–water partition coefficient (Wildman–Crippen LogP) is 1.01. The number of anilines is 1. The summed E-state index contributed by atoms with van der Waals surface area (Å²) in [5.41, 5.74) is 2.45. The van der Waals surface area contributed by atoms with E-state index in [1.165, 1.54) is 0 Å². The zero-order valence-electron chi connectivity index (χ0n) is 14.4. The van der Waals surface area contributed by atoms with Gasteiger partial charge in [0.05, 0.1) is 17.2 Å². The molecule has 1 N–H and O–H groups in total. The average molecular weight is 351 g/mol. The Hall–Kier alpha value is -1.72. The van der Waals surface area contributed by atoms with Crippen LogP contribution in [0.3, 0.4) is 0 Å². The molecule has 1 fully saturated rings. The number of hydrogen-bond donors (Lipinski definition) is 1. The first-order valence-corrected chi connectivity index (χ1v) is 10.3. The number of nitriles is 1. The molecule has 1 aliphatic heterocycles. The Labute approximate surface area is 144 Å². The van der Waals surface area contributed by atoms with Gasteiger partial charge in [-0.05, 0) is 31.4 Å². The van der Waals surface area contributed by atoms with E-state index in [0.717, 1.165) is 37.1 Å². The van der Waals surface area contributed by atoms with Crippen LogP contribution in [0.15, 0.2) is 0 Å². The average Bonchev–Trinajstić information content (AvgIpc) is 2.58. The second-order valence-corrected chi connectivity index (χ2v) is 8.25. The molecule has 0 saturated carbocycles. The first kappa shape index (κ1) is 18.6. The van der Waals surface area contributed by atoms with Gasteiger partial charge in [0, 0.05) is 19.6 Å². The summed E-state index contributed by atoms with van der Waals surface area (Å²) < 4.78 is 22.8. The maximum Gasteiger partial charge on any atom is 0.166 e. The van der Waals surface area contributed by atoms with Gasteiger partial charge in [-0.1, -0.05) is 13.8 Å². The highest BCUT2D eigenvalue weighted by Gasteiger charge is 2.21. The number of sulfone groups is 1. The number of hydrogen-bond acceptors (Lipinski definition) is 7. The summed E-state index contributed by atoms with van der Waals surface area (Å²) in [6.45, 7) is 6.77. The highest BCUT2D eigenvalue weighted by molar-refractivity contribution is 7.91. The van der Waals surface area contributed by atoms with E-state index in [9.17, 15) is 13.7 Å². The highest BCUT2D eigenvalue weighted by atomic mass is 32.2. The van der Waals surface area contributed by atoms with Crippen LogP contribution < -0.4 is 5.32 Å². The summed E-state index contributed by atoms with van der Waals surface area (Å²) in [4.78, 5) is 2.16. The first-order valence-electron chi connectivity index (χ1n) is 8.46. The summed E-state index contributed by atoms with van der Waals surface area (Å²) in [6, 6.07) is 2.25. The van der Waals surface area contributed by atoms with Gasteiger partial charge in [-0.25, -0.2) is 8.42 Å². The molecule has 132 valence electrons. The van der Waals surface area contributed by atoms with Crippen molar-refractivity contribution in [2.45, 2.75) is 33.1 Å². The largest absolute Gasteiger partial charge is 0.367 e. The van der Waals surface area contributed by atoms with Gasteiger partial charge in [-0.2, -0.15) is 10.4 Å². The van der Waals surface area contributed by atoms with Crippen molar-refractivity contribution >= 4 is 15.7 Å². The quantitative estimate of drug-likeness (QED) is 0.732. The Balaban J connectivity index is 1.88. The Morgan fingerprint density at radius 2 is 1.92 bits per heavy atom. The van der Waals surface area contributed by atoms with Gasteiger partial charge < -0.3 is 10.2 Å². The van der Waals surface area contributed by atoms with E-state index in [0.29, 0.717) is 31.0 Å². The van der Waals surface area contributed by atoms with Crippen LogP contribution in [0, 0.1) is 11.3 Å². The lowest BCUT2D eigenvalue weighted by Crippen LogP contribution is -2.41. The standard InChI is InChI=1S/C16H25N5O2S/c1-3-13-14(12-17)16(20-19-15(13)4-2)18-6-5-7-21-8-10-24(22,23)11-9-21/h3-11H2,1-2H3,(H,18,20). The van der Waals surface area contributed by atoms with Gasteiger partial charge in [0.1, 0.15) is 11.6 Å². The van der Waals surface area contributed by atoms with Gasteiger partial charge in [0.15, 0.2) is 15.7 Å². The van der Waals surface area contributed by atoms with Crippen LogP contribution in [0.2, 0.25) is 0 Å². The van der Waals surface area contributed by atoms with Crippen LogP contribution >= 0.6 is 0 Å². The maximum atomic E-state index is 11.4. The molecule has 1 aliphatic rings. The van der Waals surface area contributed by atoms with Gasteiger partial charge in [0.25, 0.3) is 0 Å². The molecule has 2 rings (SSSR count). The lowest BCUT2D eigenvalue weighted by molar-refractivity contribution is 0.294. The van der Waals surface area contributed by atoms with Gasteiger partial charge in [0.2, 0.25) is 0 Å². The second kappa shape index (κ2) is 8.40. The fourth-order valence-corrected chi connectivity index (χ4v) is 4.18. The summed E-state index contributed by atoms with van der Waals surface area (Å²) in [6.07, 6.45) is 2.39. The minimum atomic E-state index is -2.82. The number of aromatic nitrogens is 2. The van der Waals surface area contributed by atoms with Crippen LogP contribution in [-0.2, 0) is 22.7 Å². The minimum absolute atomic E-state index is 0.253. The molecular weight excluding hydrogens is 326 g/mol. The smallest absolute Gasteiger partial charge is 0.166 e. The fraction of sp³-hybridized carbons (Fsp3) is 0.688. The van der Waals surface area contributed by atoms with Crippen LogP contribution in [0.4, 0.5) is 5.82 Å². The van der Waals surface area contributed by atoms with Crippen LogP contribution in [0.1, 0.15) is 37.1 Å². The third-order valence-corrected chi connectivity index (χ3v) is 5.95. The van der Waals surface area contributed by atoms with E-state index < -0.39 is 9.84 Å². The summed E-state index contributed by atoms with van der Waals surface area (Å²) >= 11 is 0. The highest BCUT2D eigenvalue weighted by Crippen LogP contribution is 2.19. The molecule has 0 aliphatic carbocycles. The Kier molecular flexibility index (Phi) is 6.52. The molecular formula is C16H25N5O2S. The molecule has 1 saturated heterocycles. The topological polar surface area (TPSA) is 99.0 Å². The van der Waals surface area contributed by atoms with Crippen molar-refractivity contribution < 1.29 is 8.42 Å². The zero-order chi connectivity index (χ0) is 17.6. The van der Waals surface area contributed by atoms with Crippen molar-refractivity contribution in [2.75, 3.05) is 43.0 Å². The van der Waals surface area contributed by atoms with Gasteiger partial charge in [-0.3, -0.25) is 0 Å². The minimum Gasteiger partial charge on any atom is -0.367 e. The predicted molar refractivity (Wildman–Crippen MR) is 93.7 cm³/mol. The van der Waals surface area contributed by atoms with Gasteiger partial charge in [-0.15, -0.1) is 5.10 Å². The van der Waals surface area contributed by atoms with Gasteiger partial charge >= 0.3 is 0 Å². The lowest BCUT2D eigenvalue weighted by atomic mass is 10.0. The van der Waals surface area contributed by atoms with E-state index in [1.807, 2.05) is 13.8 Å². The van der Waals surface area contributed by atoms with E-state index in [-0.39, 0.29) is 11.5 Å². The van der Waals surface area contributed by atoms with Crippen molar-refractivity contribution in [1.29, 1.82) is 5.26 Å². The van der Waals surface area contributed by atoms with Crippen LogP contribution in [0.5, 0.6) is 0 Å². The number of rotatable bonds is 7. The molecule has 8 heteroatoms. The molecule has 0 aromatic carbocycles.